The van der Waals surface area contributed by atoms with Gasteiger partial charge in [0.25, 0.3) is 0 Å². The van der Waals surface area contributed by atoms with Crippen molar-refractivity contribution in [1.29, 1.82) is 0 Å². The van der Waals surface area contributed by atoms with Crippen LogP contribution in [-0.4, -0.2) is 29.5 Å². The number of carbonyl (C=O) groups is 1. The molecule has 3 nitrogen and oxygen atoms in total. The number of carbonyl (C=O) groups excluding carboxylic acids is 1. The molecule has 0 aromatic heterocycles. The lowest BCUT2D eigenvalue weighted by molar-refractivity contribution is -0.131. The van der Waals surface area contributed by atoms with Crippen LogP contribution < -0.4 is 0 Å². The first-order valence-corrected chi connectivity index (χ1v) is 8.39. The quantitative estimate of drug-likeness (QED) is 0.549. The van der Waals surface area contributed by atoms with Gasteiger partial charge in [-0.05, 0) is 24.0 Å². The van der Waals surface area contributed by atoms with Crippen molar-refractivity contribution in [2.75, 3.05) is 6.61 Å². The van der Waals surface area contributed by atoms with E-state index >= 15 is 0 Å². The van der Waals surface area contributed by atoms with E-state index in [0.29, 0.717) is 6.61 Å². The van der Waals surface area contributed by atoms with Gasteiger partial charge in [-0.3, -0.25) is 4.79 Å². The first-order valence-electron chi connectivity index (χ1n) is 8.39. The largest absolute Gasteiger partial charge is 0.367 e. The molecule has 0 spiro atoms. The number of aryl methyl sites for hydroxylation is 1. The number of hydrogen-bond acceptors (Lipinski definition) is 2. The number of nitrogens with zero attached hydrogens (tertiary/aromatic N) is 1. The third-order valence-corrected chi connectivity index (χ3v) is 4.42. The Morgan fingerprint density at radius 1 is 1.04 bits per heavy atom. The summed E-state index contributed by atoms with van der Waals surface area (Å²) >= 11 is 0. The lowest BCUT2D eigenvalue weighted by Crippen LogP contribution is -2.20. The maximum atomic E-state index is 12.3. The number of rotatable bonds is 8. The van der Waals surface area contributed by atoms with Crippen LogP contribution in [0.15, 0.2) is 73.3 Å². The summed E-state index contributed by atoms with van der Waals surface area (Å²) in [5.41, 5.74) is 2.39. The molecule has 24 heavy (non-hydrogen) atoms. The molecule has 0 saturated carbocycles. The van der Waals surface area contributed by atoms with Gasteiger partial charge in [0.1, 0.15) is 6.61 Å². The predicted molar refractivity (Wildman–Crippen MR) is 95.5 cm³/mol. The standard InChI is InChI=1S/C21H23NO2/c1-2-19-20(14-13-17-9-5-3-6-10-17)22(19)21(23)16-24-15-18-11-7-4-8-12-18/h2-12,19-20H,1,13-16H2/t19-,20+,22?/m0/s1. The summed E-state index contributed by atoms with van der Waals surface area (Å²) in [6, 6.07) is 20.7. The molecule has 0 bridgehead atoms. The Balaban J connectivity index is 1.45. The van der Waals surface area contributed by atoms with Crippen LogP contribution in [0.4, 0.5) is 0 Å². The molecule has 1 amide bonds. The van der Waals surface area contributed by atoms with Crippen molar-refractivity contribution in [3.8, 4) is 0 Å². The summed E-state index contributed by atoms with van der Waals surface area (Å²) in [7, 11) is 0. The molecular formula is C21H23NO2. The average Bonchev–Trinajstić information content (AvgIpc) is 3.35. The van der Waals surface area contributed by atoms with E-state index in [0.717, 1.165) is 18.4 Å². The number of hydrogen-bond donors (Lipinski definition) is 0. The molecule has 1 heterocycles. The summed E-state index contributed by atoms with van der Waals surface area (Å²) in [4.78, 5) is 14.2. The first-order chi connectivity index (χ1) is 11.8. The normalized spacial score (nSPS) is 19.1. The fraction of sp³-hybridized carbons (Fsp3) is 0.286. The minimum absolute atomic E-state index is 0.0499. The Bertz CT molecular complexity index is 669. The topological polar surface area (TPSA) is 29.3 Å². The second kappa shape index (κ2) is 7.93. The zero-order valence-corrected chi connectivity index (χ0v) is 13.8. The van der Waals surface area contributed by atoms with Gasteiger partial charge in [0, 0.05) is 0 Å². The van der Waals surface area contributed by atoms with E-state index in [9.17, 15) is 4.79 Å². The zero-order valence-electron chi connectivity index (χ0n) is 13.8. The van der Waals surface area contributed by atoms with Gasteiger partial charge in [0.05, 0.1) is 18.7 Å². The average molecular weight is 321 g/mol. The van der Waals surface area contributed by atoms with Gasteiger partial charge in [-0.15, -0.1) is 6.58 Å². The van der Waals surface area contributed by atoms with Gasteiger partial charge in [0.2, 0.25) is 5.91 Å². The third-order valence-electron chi connectivity index (χ3n) is 4.42. The number of amides is 1. The molecule has 2 aromatic carbocycles. The summed E-state index contributed by atoms with van der Waals surface area (Å²) in [6.45, 7) is 4.45. The lowest BCUT2D eigenvalue weighted by atomic mass is 10.1. The van der Waals surface area contributed by atoms with E-state index in [4.69, 9.17) is 4.74 Å². The van der Waals surface area contributed by atoms with Gasteiger partial charge in [0.15, 0.2) is 0 Å². The Labute approximate surface area is 143 Å². The molecule has 2 atom stereocenters. The minimum Gasteiger partial charge on any atom is -0.367 e. The molecule has 0 N–H and O–H groups in total. The van der Waals surface area contributed by atoms with Crippen molar-refractivity contribution in [3.05, 3.63) is 84.4 Å². The summed E-state index contributed by atoms with van der Waals surface area (Å²) in [6.07, 6.45) is 3.81. The highest BCUT2D eigenvalue weighted by atomic mass is 16.5. The predicted octanol–water partition coefficient (Wildman–Crippen LogP) is 3.60. The number of benzene rings is 2. The Morgan fingerprint density at radius 2 is 1.67 bits per heavy atom. The SMILES string of the molecule is C=C[C@H]1[C@@H](CCc2ccccc2)N1C(=O)COCc1ccccc1. The Kier molecular flexibility index (Phi) is 5.44. The Hall–Kier alpha value is -2.39. The molecule has 2 aromatic rings. The van der Waals surface area contributed by atoms with Crippen molar-refractivity contribution in [2.45, 2.75) is 31.5 Å². The lowest BCUT2D eigenvalue weighted by Gasteiger charge is -2.06. The van der Waals surface area contributed by atoms with Crippen LogP contribution in [0.5, 0.6) is 0 Å². The molecule has 1 aliphatic rings. The van der Waals surface area contributed by atoms with Crippen LogP contribution in [0.2, 0.25) is 0 Å². The van der Waals surface area contributed by atoms with Crippen LogP contribution >= 0.6 is 0 Å². The van der Waals surface area contributed by atoms with Crippen molar-refractivity contribution < 1.29 is 9.53 Å². The highest BCUT2D eigenvalue weighted by Gasteiger charge is 2.47. The van der Waals surface area contributed by atoms with Gasteiger partial charge < -0.3 is 9.64 Å². The van der Waals surface area contributed by atoms with Gasteiger partial charge in [-0.1, -0.05) is 66.7 Å². The number of ether oxygens (including phenoxy) is 1. The molecule has 1 fully saturated rings. The molecule has 0 unspecified atom stereocenters. The molecule has 1 saturated heterocycles. The molecule has 3 rings (SSSR count). The van der Waals surface area contributed by atoms with Crippen LogP contribution in [0.25, 0.3) is 0 Å². The van der Waals surface area contributed by atoms with Crippen molar-refractivity contribution in [1.82, 2.24) is 4.90 Å². The van der Waals surface area contributed by atoms with Crippen molar-refractivity contribution in [2.24, 2.45) is 0 Å². The molecule has 0 aliphatic carbocycles. The zero-order chi connectivity index (χ0) is 16.8. The molecule has 124 valence electrons. The van der Waals surface area contributed by atoms with Gasteiger partial charge >= 0.3 is 0 Å². The summed E-state index contributed by atoms with van der Waals surface area (Å²) < 4.78 is 5.56. The van der Waals surface area contributed by atoms with E-state index in [1.807, 2.05) is 59.5 Å². The highest BCUT2D eigenvalue weighted by molar-refractivity contribution is 5.81. The van der Waals surface area contributed by atoms with E-state index in [1.165, 1.54) is 5.56 Å². The van der Waals surface area contributed by atoms with Crippen LogP contribution in [0.3, 0.4) is 0 Å². The summed E-state index contributed by atoms with van der Waals surface area (Å²) in [5.74, 6) is 0.0499. The Morgan fingerprint density at radius 3 is 2.29 bits per heavy atom. The van der Waals surface area contributed by atoms with E-state index in [2.05, 4.69) is 18.7 Å². The fourth-order valence-electron chi connectivity index (χ4n) is 3.10. The van der Waals surface area contributed by atoms with Crippen LogP contribution in [0, 0.1) is 0 Å². The monoisotopic (exact) mass is 321 g/mol. The molecule has 0 radical (unpaired) electrons. The first kappa shape index (κ1) is 16.5. The van der Waals surface area contributed by atoms with Crippen LogP contribution in [-0.2, 0) is 22.6 Å². The highest BCUT2D eigenvalue weighted by Crippen LogP contribution is 2.33. The fourth-order valence-corrected chi connectivity index (χ4v) is 3.10. The van der Waals surface area contributed by atoms with Gasteiger partial charge in [-0.2, -0.15) is 0 Å². The molecule has 1 aliphatic heterocycles. The third kappa shape index (κ3) is 4.12. The molecule has 3 heteroatoms. The second-order valence-electron chi connectivity index (χ2n) is 6.10. The van der Waals surface area contributed by atoms with E-state index < -0.39 is 0 Å². The van der Waals surface area contributed by atoms with Crippen LogP contribution in [0.1, 0.15) is 17.5 Å². The molecular weight excluding hydrogens is 298 g/mol. The summed E-state index contributed by atoms with van der Waals surface area (Å²) in [5, 5.41) is 0. The maximum Gasteiger partial charge on any atom is 0.249 e. The van der Waals surface area contributed by atoms with E-state index in [-0.39, 0.29) is 24.6 Å². The minimum atomic E-state index is 0.0499. The van der Waals surface area contributed by atoms with Crippen molar-refractivity contribution in [3.63, 3.8) is 0 Å². The second-order valence-corrected chi connectivity index (χ2v) is 6.10. The van der Waals surface area contributed by atoms with Crippen molar-refractivity contribution >= 4 is 5.91 Å². The van der Waals surface area contributed by atoms with E-state index in [1.54, 1.807) is 0 Å². The maximum absolute atomic E-state index is 12.3. The smallest absolute Gasteiger partial charge is 0.249 e. The van der Waals surface area contributed by atoms with Gasteiger partial charge in [-0.25, -0.2) is 0 Å².